The smallest absolute Gasteiger partial charge is 0.265 e. The molecule has 0 aromatic heterocycles. The van der Waals surface area contributed by atoms with Gasteiger partial charge in [0.2, 0.25) is 12.0 Å². The number of hydrogen-bond acceptors (Lipinski definition) is 3. The lowest BCUT2D eigenvalue weighted by molar-refractivity contribution is 0.281. The van der Waals surface area contributed by atoms with Crippen molar-refractivity contribution in [1.82, 2.24) is 0 Å². The highest BCUT2D eigenvalue weighted by atomic mass is 35.6. The van der Waals surface area contributed by atoms with Crippen molar-refractivity contribution in [3.8, 4) is 6.07 Å². The Hall–Kier alpha value is -1.21. The van der Waals surface area contributed by atoms with Crippen molar-refractivity contribution in [2.45, 2.75) is 9.90 Å². The first-order valence-corrected chi connectivity index (χ1v) is 6.02. The van der Waals surface area contributed by atoms with Gasteiger partial charge >= 0.3 is 0 Å². The summed E-state index contributed by atoms with van der Waals surface area (Å²) in [6.07, 6.45) is 2.20. The van der Waals surface area contributed by atoms with Crippen LogP contribution in [0.4, 0.5) is 0 Å². The predicted molar refractivity (Wildman–Crippen MR) is 74.0 cm³/mol. The predicted octanol–water partition coefficient (Wildman–Crippen LogP) is 3.96. The van der Waals surface area contributed by atoms with Crippen LogP contribution in [0, 0.1) is 16.7 Å². The fourth-order valence-corrected chi connectivity index (χ4v) is 1.20. The van der Waals surface area contributed by atoms with E-state index in [0.717, 1.165) is 5.56 Å². The van der Waals surface area contributed by atoms with Crippen LogP contribution in [0.5, 0.6) is 0 Å². The van der Waals surface area contributed by atoms with E-state index in [2.05, 4.69) is 0 Å². The van der Waals surface area contributed by atoms with Crippen molar-refractivity contribution >= 4 is 46.8 Å². The number of hydrogen-bond donors (Lipinski definition) is 1. The number of nitriles is 1. The Morgan fingerprint density at radius 2 is 1.94 bits per heavy atom. The van der Waals surface area contributed by atoms with Gasteiger partial charge in [-0.3, -0.25) is 5.41 Å². The zero-order valence-electron chi connectivity index (χ0n) is 9.11. The van der Waals surface area contributed by atoms with Gasteiger partial charge in [0, 0.05) is 0 Å². The van der Waals surface area contributed by atoms with Gasteiger partial charge < -0.3 is 4.74 Å². The molecule has 0 radical (unpaired) electrons. The number of alkyl halides is 3. The summed E-state index contributed by atoms with van der Waals surface area (Å²) < 4.78 is 2.96. The summed E-state index contributed by atoms with van der Waals surface area (Å²) in [6.45, 7) is 0. The van der Waals surface area contributed by atoms with Crippen LogP contribution in [0.2, 0.25) is 0 Å². The van der Waals surface area contributed by atoms with Gasteiger partial charge in [0.05, 0.1) is 0 Å². The maximum absolute atomic E-state index is 8.87. The average Bonchev–Trinajstić information content (AvgIpc) is 2.34. The summed E-state index contributed by atoms with van der Waals surface area (Å²) in [5, 5.41) is 16.2. The zero-order valence-corrected chi connectivity index (χ0v) is 11.4. The molecule has 0 aliphatic rings. The van der Waals surface area contributed by atoms with E-state index >= 15 is 0 Å². The van der Waals surface area contributed by atoms with E-state index in [1.165, 1.54) is 6.08 Å². The van der Waals surface area contributed by atoms with Crippen molar-refractivity contribution in [1.29, 1.82) is 10.7 Å². The van der Waals surface area contributed by atoms with E-state index in [-0.39, 0.29) is 0 Å². The highest BCUT2D eigenvalue weighted by molar-refractivity contribution is 6.76. The molecule has 1 aromatic carbocycles. The Morgan fingerprint density at radius 1 is 1.33 bits per heavy atom. The van der Waals surface area contributed by atoms with Gasteiger partial charge in [-0.05, 0) is 11.6 Å². The largest absolute Gasteiger partial charge is 0.455 e. The Kier molecular flexibility index (Phi) is 5.49. The molecule has 1 N–H and O–H groups in total. The minimum absolute atomic E-state index is 0.586. The fraction of sp³-hybridized carbons (Fsp3) is 0.167. The minimum Gasteiger partial charge on any atom is -0.455 e. The average molecular weight is 304 g/mol. The molecule has 1 aromatic rings. The van der Waals surface area contributed by atoms with Crippen LogP contribution in [0.3, 0.4) is 0 Å². The molecule has 0 saturated heterocycles. The van der Waals surface area contributed by atoms with Crippen LogP contribution >= 0.6 is 34.8 Å². The summed E-state index contributed by atoms with van der Waals surface area (Å²) in [6, 6.07) is 11.2. The number of ether oxygens (including phenoxy) is 1. The van der Waals surface area contributed by atoms with Crippen molar-refractivity contribution in [3.05, 3.63) is 42.0 Å². The lowest BCUT2D eigenvalue weighted by Crippen LogP contribution is -2.25. The molecule has 6 heteroatoms. The lowest BCUT2D eigenvalue weighted by Gasteiger charge is -2.15. The van der Waals surface area contributed by atoms with Gasteiger partial charge in [0.25, 0.3) is 3.79 Å². The van der Waals surface area contributed by atoms with Crippen LogP contribution in [0.15, 0.2) is 36.4 Å². The van der Waals surface area contributed by atoms with Crippen LogP contribution in [0.25, 0.3) is 6.08 Å². The third-order valence-electron chi connectivity index (χ3n) is 1.89. The molecule has 1 atom stereocenters. The molecule has 0 saturated carbocycles. The third kappa shape index (κ3) is 4.97. The minimum atomic E-state index is -1.96. The lowest BCUT2D eigenvalue weighted by atomic mass is 10.2. The SMILES string of the molecule is N#C[C@@H](/C=C/c1ccccc1)OC(=N)C(Cl)(Cl)Cl. The Bertz CT molecular complexity index is 474. The number of nitrogens with one attached hydrogen (secondary N) is 1. The van der Waals surface area contributed by atoms with Gasteiger partial charge in [0.15, 0.2) is 0 Å². The highest BCUT2D eigenvalue weighted by Gasteiger charge is 2.30. The first-order valence-electron chi connectivity index (χ1n) is 4.89. The topological polar surface area (TPSA) is 56.9 Å². The highest BCUT2D eigenvalue weighted by Crippen LogP contribution is 2.28. The Morgan fingerprint density at radius 3 is 2.44 bits per heavy atom. The van der Waals surface area contributed by atoms with Gasteiger partial charge in [-0.25, -0.2) is 0 Å². The molecule has 0 unspecified atom stereocenters. The summed E-state index contributed by atoms with van der Waals surface area (Å²) in [4.78, 5) is 0. The molecular weight excluding hydrogens is 295 g/mol. The van der Waals surface area contributed by atoms with E-state index in [4.69, 9.17) is 50.2 Å². The van der Waals surface area contributed by atoms with Gasteiger partial charge in [-0.2, -0.15) is 5.26 Å². The molecule has 1 rings (SSSR count). The first kappa shape index (κ1) is 14.8. The number of rotatable bonds is 3. The monoisotopic (exact) mass is 302 g/mol. The second kappa shape index (κ2) is 6.65. The van der Waals surface area contributed by atoms with E-state index in [1.54, 1.807) is 6.08 Å². The zero-order chi connectivity index (χ0) is 13.6. The summed E-state index contributed by atoms with van der Waals surface area (Å²) >= 11 is 16.3. The molecule has 18 heavy (non-hydrogen) atoms. The second-order valence-corrected chi connectivity index (χ2v) is 5.55. The molecule has 0 heterocycles. The van der Waals surface area contributed by atoms with E-state index in [0.29, 0.717) is 0 Å². The molecule has 3 nitrogen and oxygen atoms in total. The summed E-state index contributed by atoms with van der Waals surface area (Å²) in [7, 11) is 0. The molecule has 94 valence electrons. The molecular formula is C12H9Cl3N2O. The number of benzene rings is 1. The molecule has 0 spiro atoms. The van der Waals surface area contributed by atoms with E-state index in [1.807, 2.05) is 36.4 Å². The molecule has 0 aliphatic heterocycles. The van der Waals surface area contributed by atoms with Crippen molar-refractivity contribution in [3.63, 3.8) is 0 Å². The van der Waals surface area contributed by atoms with Crippen molar-refractivity contribution in [2.75, 3.05) is 0 Å². The van der Waals surface area contributed by atoms with E-state index < -0.39 is 15.8 Å². The molecule has 0 fully saturated rings. The summed E-state index contributed by atoms with van der Waals surface area (Å²) in [5.41, 5.74) is 0.904. The van der Waals surface area contributed by atoms with Gasteiger partial charge in [-0.1, -0.05) is 71.2 Å². The van der Waals surface area contributed by atoms with Crippen molar-refractivity contribution < 1.29 is 4.74 Å². The number of nitrogens with zero attached hydrogens (tertiary/aromatic N) is 1. The molecule has 0 aliphatic carbocycles. The van der Waals surface area contributed by atoms with Crippen molar-refractivity contribution in [2.24, 2.45) is 0 Å². The van der Waals surface area contributed by atoms with Gasteiger partial charge in [-0.15, -0.1) is 0 Å². The van der Waals surface area contributed by atoms with Crippen LogP contribution < -0.4 is 0 Å². The second-order valence-electron chi connectivity index (χ2n) is 3.26. The van der Waals surface area contributed by atoms with E-state index in [9.17, 15) is 0 Å². The third-order valence-corrected chi connectivity index (χ3v) is 2.41. The van der Waals surface area contributed by atoms with Crippen LogP contribution in [-0.4, -0.2) is 15.8 Å². The standard InChI is InChI=1S/C12H9Cl3N2O/c13-12(14,15)11(17)18-10(8-16)7-6-9-4-2-1-3-5-9/h1-7,10,17H/b7-6+,17-11?/t10-/m1/s1. The molecule has 0 amide bonds. The van der Waals surface area contributed by atoms with Gasteiger partial charge in [0.1, 0.15) is 6.07 Å². The van der Waals surface area contributed by atoms with Crippen LogP contribution in [0.1, 0.15) is 5.56 Å². The number of halogens is 3. The maximum Gasteiger partial charge on any atom is 0.265 e. The maximum atomic E-state index is 8.87. The summed E-state index contributed by atoms with van der Waals surface area (Å²) in [5.74, 6) is -0.586. The first-order chi connectivity index (χ1) is 8.43. The quantitative estimate of drug-likeness (QED) is 0.522. The normalized spacial score (nSPS) is 13.0. The Labute approximate surface area is 120 Å². The molecule has 0 bridgehead atoms. The van der Waals surface area contributed by atoms with Crippen LogP contribution in [-0.2, 0) is 4.74 Å². The Balaban J connectivity index is 2.67. The fourth-order valence-electron chi connectivity index (χ4n) is 1.07.